The summed E-state index contributed by atoms with van der Waals surface area (Å²) in [5.74, 6) is 1.08. The number of carbonyl (C=O) groups excluding carboxylic acids is 1. The van der Waals surface area contributed by atoms with Crippen LogP contribution in [0.2, 0.25) is 10.0 Å². The van der Waals surface area contributed by atoms with Crippen LogP contribution in [0.15, 0.2) is 70.6 Å². The molecule has 1 atom stereocenters. The minimum Gasteiger partial charge on any atom is -0.493 e. The van der Waals surface area contributed by atoms with Crippen LogP contribution in [0.3, 0.4) is 0 Å². The van der Waals surface area contributed by atoms with E-state index in [9.17, 15) is 4.79 Å². The van der Waals surface area contributed by atoms with Crippen LogP contribution in [0.5, 0.6) is 11.5 Å². The standard InChI is InChI=1S/C29H28Cl2N2O3S/c1-5-19(3)33-28(34)27(37-29(33)32-23-11-6-18(2)7-12-23)15-20-8-13-25(26(14-20)35-4)36-17-21-9-10-22(30)16-24(21)31/h6-16,19H,5,17H2,1-4H3/b27-15+,32-29?/t19-/m1/s1. The Morgan fingerprint density at radius 1 is 1.05 bits per heavy atom. The molecular weight excluding hydrogens is 527 g/mol. The highest BCUT2D eigenvalue weighted by atomic mass is 35.5. The molecule has 192 valence electrons. The third-order valence-electron chi connectivity index (χ3n) is 6.01. The van der Waals surface area contributed by atoms with Crippen LogP contribution in [0, 0.1) is 6.92 Å². The number of aryl methyl sites for hydroxylation is 1. The molecule has 8 heteroatoms. The smallest absolute Gasteiger partial charge is 0.266 e. The van der Waals surface area contributed by atoms with Crippen molar-refractivity contribution < 1.29 is 14.3 Å². The average Bonchev–Trinajstić information content (AvgIpc) is 3.18. The summed E-state index contributed by atoms with van der Waals surface area (Å²) in [5.41, 5.74) is 3.62. The van der Waals surface area contributed by atoms with Crippen molar-refractivity contribution in [1.82, 2.24) is 4.90 Å². The van der Waals surface area contributed by atoms with Crippen molar-refractivity contribution in [3.8, 4) is 11.5 Å². The van der Waals surface area contributed by atoms with Crippen molar-refractivity contribution in [3.63, 3.8) is 0 Å². The van der Waals surface area contributed by atoms with Crippen molar-refractivity contribution in [2.75, 3.05) is 7.11 Å². The summed E-state index contributed by atoms with van der Waals surface area (Å²) < 4.78 is 11.5. The molecule has 0 unspecified atom stereocenters. The number of thioether (sulfide) groups is 1. The highest BCUT2D eigenvalue weighted by molar-refractivity contribution is 8.18. The average molecular weight is 556 g/mol. The van der Waals surface area contributed by atoms with E-state index in [1.807, 2.05) is 68.5 Å². The van der Waals surface area contributed by atoms with Gasteiger partial charge in [0, 0.05) is 21.7 Å². The van der Waals surface area contributed by atoms with E-state index >= 15 is 0 Å². The summed E-state index contributed by atoms with van der Waals surface area (Å²) in [4.78, 5) is 20.6. The molecule has 37 heavy (non-hydrogen) atoms. The molecule has 0 radical (unpaired) electrons. The number of rotatable bonds is 8. The summed E-state index contributed by atoms with van der Waals surface area (Å²) in [6, 6.07) is 18.8. The quantitative estimate of drug-likeness (QED) is 0.263. The molecule has 1 fully saturated rings. The van der Waals surface area contributed by atoms with Gasteiger partial charge in [0.2, 0.25) is 0 Å². The molecular formula is C29H28Cl2N2O3S. The number of carbonyl (C=O) groups is 1. The monoisotopic (exact) mass is 554 g/mol. The van der Waals surface area contributed by atoms with Gasteiger partial charge < -0.3 is 9.47 Å². The first kappa shape index (κ1) is 27.1. The lowest BCUT2D eigenvalue weighted by Gasteiger charge is -2.22. The number of aliphatic imine (C=N–C) groups is 1. The van der Waals surface area contributed by atoms with Crippen molar-refractivity contribution in [3.05, 3.63) is 92.3 Å². The van der Waals surface area contributed by atoms with Crippen molar-refractivity contribution >= 4 is 57.8 Å². The zero-order valence-corrected chi connectivity index (χ0v) is 23.5. The fraction of sp³-hybridized carbons (Fsp3) is 0.241. The number of hydrogen-bond acceptors (Lipinski definition) is 5. The van der Waals surface area contributed by atoms with Gasteiger partial charge in [0.05, 0.1) is 17.7 Å². The van der Waals surface area contributed by atoms with Gasteiger partial charge >= 0.3 is 0 Å². The van der Waals surface area contributed by atoms with Crippen LogP contribution in [0.25, 0.3) is 6.08 Å². The van der Waals surface area contributed by atoms with E-state index in [1.54, 1.807) is 24.1 Å². The molecule has 0 aliphatic carbocycles. The number of hydrogen-bond donors (Lipinski definition) is 0. The second kappa shape index (κ2) is 12.1. The predicted octanol–water partition coefficient (Wildman–Crippen LogP) is 8.29. The Bertz CT molecular complexity index is 1360. The zero-order chi connectivity index (χ0) is 26.5. The maximum Gasteiger partial charge on any atom is 0.266 e. The molecule has 0 spiro atoms. The number of halogens is 2. The first-order chi connectivity index (χ1) is 17.8. The second-order valence-electron chi connectivity index (χ2n) is 8.71. The Kier molecular flexibility index (Phi) is 8.85. The lowest BCUT2D eigenvalue weighted by molar-refractivity contribution is -0.123. The minimum atomic E-state index is -0.0538. The molecule has 3 aromatic rings. The van der Waals surface area contributed by atoms with Crippen molar-refractivity contribution in [1.29, 1.82) is 0 Å². The van der Waals surface area contributed by atoms with Gasteiger partial charge in [0.15, 0.2) is 16.7 Å². The topological polar surface area (TPSA) is 51.1 Å². The van der Waals surface area contributed by atoms with Crippen LogP contribution >= 0.6 is 35.0 Å². The normalized spacial score (nSPS) is 16.5. The van der Waals surface area contributed by atoms with Gasteiger partial charge in [-0.1, -0.05) is 60.0 Å². The molecule has 4 rings (SSSR count). The Labute approximate surface area is 232 Å². The first-order valence-corrected chi connectivity index (χ1v) is 13.5. The van der Waals surface area contributed by atoms with Gasteiger partial charge in [-0.2, -0.15) is 0 Å². The molecule has 0 aromatic heterocycles. The number of methoxy groups -OCH3 is 1. The number of benzene rings is 3. The summed E-state index contributed by atoms with van der Waals surface area (Å²) >= 11 is 13.6. The molecule has 0 saturated carbocycles. The van der Waals surface area contributed by atoms with E-state index in [0.29, 0.717) is 31.6 Å². The fourth-order valence-electron chi connectivity index (χ4n) is 3.70. The Morgan fingerprint density at radius 3 is 2.49 bits per heavy atom. The molecule has 1 aliphatic heterocycles. The SMILES string of the molecule is CC[C@@H](C)N1C(=O)/C(=C\c2ccc(OCc3ccc(Cl)cc3Cl)c(OC)c2)SC1=Nc1ccc(C)cc1. The van der Waals surface area contributed by atoms with E-state index in [1.165, 1.54) is 11.8 Å². The van der Waals surface area contributed by atoms with E-state index in [0.717, 1.165) is 28.8 Å². The van der Waals surface area contributed by atoms with E-state index < -0.39 is 0 Å². The van der Waals surface area contributed by atoms with E-state index in [2.05, 4.69) is 6.92 Å². The Hall–Kier alpha value is -2.93. The van der Waals surface area contributed by atoms with Crippen molar-refractivity contribution in [2.45, 2.75) is 39.8 Å². The fourth-order valence-corrected chi connectivity index (χ4v) is 5.26. The number of amidine groups is 1. The van der Waals surface area contributed by atoms with Gasteiger partial charge in [-0.15, -0.1) is 0 Å². The summed E-state index contributed by atoms with van der Waals surface area (Å²) in [7, 11) is 1.58. The lowest BCUT2D eigenvalue weighted by Crippen LogP contribution is -2.36. The van der Waals surface area contributed by atoms with Gasteiger partial charge in [-0.05, 0) is 80.1 Å². The lowest BCUT2D eigenvalue weighted by atomic mass is 10.1. The molecule has 1 aliphatic rings. The van der Waals surface area contributed by atoms with E-state index in [4.69, 9.17) is 37.7 Å². The van der Waals surface area contributed by atoms with Crippen LogP contribution < -0.4 is 9.47 Å². The third-order valence-corrected chi connectivity index (χ3v) is 7.58. The molecule has 1 amide bonds. The predicted molar refractivity (Wildman–Crippen MR) is 154 cm³/mol. The van der Waals surface area contributed by atoms with Gasteiger partial charge in [0.25, 0.3) is 5.91 Å². The summed E-state index contributed by atoms with van der Waals surface area (Å²) in [6.45, 7) is 6.40. The third kappa shape index (κ3) is 6.50. The second-order valence-corrected chi connectivity index (χ2v) is 10.6. The molecule has 3 aromatic carbocycles. The number of amides is 1. The molecule has 1 saturated heterocycles. The maximum atomic E-state index is 13.4. The largest absolute Gasteiger partial charge is 0.493 e. The highest BCUT2D eigenvalue weighted by Gasteiger charge is 2.36. The van der Waals surface area contributed by atoms with Crippen LogP contribution in [0.1, 0.15) is 37.0 Å². The highest BCUT2D eigenvalue weighted by Crippen LogP contribution is 2.37. The minimum absolute atomic E-state index is 0.0279. The summed E-state index contributed by atoms with van der Waals surface area (Å²) in [6.07, 6.45) is 2.69. The first-order valence-electron chi connectivity index (χ1n) is 11.9. The molecule has 0 N–H and O–H groups in total. The van der Waals surface area contributed by atoms with Gasteiger partial charge in [-0.25, -0.2) is 4.99 Å². The van der Waals surface area contributed by atoms with E-state index in [-0.39, 0.29) is 18.6 Å². The zero-order valence-electron chi connectivity index (χ0n) is 21.1. The molecule has 1 heterocycles. The van der Waals surface area contributed by atoms with Gasteiger partial charge in [0.1, 0.15) is 6.61 Å². The molecule has 5 nitrogen and oxygen atoms in total. The molecule has 0 bridgehead atoms. The van der Waals surface area contributed by atoms with Crippen molar-refractivity contribution in [2.24, 2.45) is 4.99 Å². The van der Waals surface area contributed by atoms with Crippen LogP contribution in [-0.4, -0.2) is 29.1 Å². The van der Waals surface area contributed by atoms with Crippen LogP contribution in [-0.2, 0) is 11.4 Å². The maximum absolute atomic E-state index is 13.4. The number of ether oxygens (including phenoxy) is 2. The Balaban J connectivity index is 1.58. The summed E-state index contributed by atoms with van der Waals surface area (Å²) in [5, 5.41) is 1.79. The number of nitrogens with zero attached hydrogens (tertiary/aromatic N) is 2. The van der Waals surface area contributed by atoms with Crippen LogP contribution in [0.4, 0.5) is 5.69 Å². The van der Waals surface area contributed by atoms with Gasteiger partial charge in [-0.3, -0.25) is 9.69 Å². The Morgan fingerprint density at radius 2 is 1.81 bits per heavy atom.